The molecule has 1 heterocycles. The quantitative estimate of drug-likeness (QED) is 0.607. The molecule has 2 amide bonds. The van der Waals surface area contributed by atoms with Gasteiger partial charge < -0.3 is 5.32 Å². The van der Waals surface area contributed by atoms with E-state index in [-0.39, 0.29) is 11.3 Å². The van der Waals surface area contributed by atoms with E-state index in [1.54, 1.807) is 55.5 Å². The van der Waals surface area contributed by atoms with E-state index in [4.69, 9.17) is 11.6 Å². The standard InChI is InChI=1S/C23H16ClFN2O2/c1-14-10-11-16(24)12-19(14)27-22(28)20(15-6-3-2-4-7-15)21(23(27)29)26-18-9-5-8-17(25)13-18/h2-13,26H,1H3. The van der Waals surface area contributed by atoms with E-state index >= 15 is 0 Å². The van der Waals surface area contributed by atoms with Crippen LogP contribution in [0.5, 0.6) is 0 Å². The number of carbonyl (C=O) groups is 2. The largest absolute Gasteiger partial charge is 0.350 e. The van der Waals surface area contributed by atoms with Gasteiger partial charge in [0.2, 0.25) is 0 Å². The number of aryl methyl sites for hydroxylation is 1. The van der Waals surface area contributed by atoms with Crippen LogP contribution in [0.15, 0.2) is 78.5 Å². The molecule has 29 heavy (non-hydrogen) atoms. The van der Waals surface area contributed by atoms with Crippen LogP contribution >= 0.6 is 11.6 Å². The van der Waals surface area contributed by atoms with Gasteiger partial charge in [0.25, 0.3) is 11.8 Å². The van der Waals surface area contributed by atoms with Crippen LogP contribution in [0.2, 0.25) is 5.02 Å². The number of imide groups is 1. The molecule has 0 saturated heterocycles. The van der Waals surface area contributed by atoms with Gasteiger partial charge in [0, 0.05) is 10.7 Å². The van der Waals surface area contributed by atoms with Crippen molar-refractivity contribution in [3.05, 3.63) is 100 Å². The minimum absolute atomic E-state index is 0.0891. The first-order valence-electron chi connectivity index (χ1n) is 8.93. The summed E-state index contributed by atoms with van der Waals surface area (Å²) >= 11 is 6.11. The number of benzene rings is 3. The van der Waals surface area contributed by atoms with Crippen LogP contribution in [-0.2, 0) is 9.59 Å². The summed E-state index contributed by atoms with van der Waals surface area (Å²) < 4.78 is 13.6. The molecule has 3 aromatic carbocycles. The topological polar surface area (TPSA) is 49.4 Å². The Balaban J connectivity index is 1.85. The van der Waals surface area contributed by atoms with Gasteiger partial charge in [0.05, 0.1) is 11.3 Å². The van der Waals surface area contributed by atoms with Gasteiger partial charge in [0.1, 0.15) is 11.5 Å². The molecule has 1 N–H and O–H groups in total. The fraction of sp³-hybridized carbons (Fsp3) is 0.0435. The van der Waals surface area contributed by atoms with Gasteiger partial charge in [-0.25, -0.2) is 9.29 Å². The van der Waals surface area contributed by atoms with Crippen molar-refractivity contribution in [2.45, 2.75) is 6.92 Å². The van der Waals surface area contributed by atoms with Gasteiger partial charge in [0.15, 0.2) is 0 Å². The van der Waals surface area contributed by atoms with Crippen molar-refractivity contribution in [2.75, 3.05) is 10.2 Å². The van der Waals surface area contributed by atoms with Crippen LogP contribution in [-0.4, -0.2) is 11.8 Å². The summed E-state index contributed by atoms with van der Waals surface area (Å²) in [5, 5.41) is 3.35. The Morgan fingerprint density at radius 1 is 0.897 bits per heavy atom. The fourth-order valence-electron chi connectivity index (χ4n) is 3.27. The van der Waals surface area contributed by atoms with E-state index < -0.39 is 17.6 Å². The average Bonchev–Trinajstić information content (AvgIpc) is 2.94. The molecule has 0 radical (unpaired) electrons. The molecular weight excluding hydrogens is 391 g/mol. The van der Waals surface area contributed by atoms with Crippen molar-refractivity contribution in [3.63, 3.8) is 0 Å². The van der Waals surface area contributed by atoms with Gasteiger partial charge in [-0.15, -0.1) is 0 Å². The van der Waals surface area contributed by atoms with Crippen LogP contribution in [0.4, 0.5) is 15.8 Å². The summed E-state index contributed by atoms with van der Waals surface area (Å²) in [4.78, 5) is 27.7. The third-order valence-corrected chi connectivity index (χ3v) is 4.89. The predicted octanol–water partition coefficient (Wildman–Crippen LogP) is 5.18. The lowest BCUT2D eigenvalue weighted by molar-refractivity contribution is -0.120. The summed E-state index contributed by atoms with van der Waals surface area (Å²) in [5.41, 5.74) is 2.42. The number of rotatable bonds is 4. The zero-order chi connectivity index (χ0) is 20.5. The first-order valence-corrected chi connectivity index (χ1v) is 9.31. The van der Waals surface area contributed by atoms with Gasteiger partial charge in [-0.2, -0.15) is 0 Å². The number of amides is 2. The van der Waals surface area contributed by atoms with E-state index in [1.165, 1.54) is 18.2 Å². The van der Waals surface area contributed by atoms with Crippen molar-refractivity contribution in [3.8, 4) is 0 Å². The second-order valence-electron chi connectivity index (χ2n) is 6.63. The smallest absolute Gasteiger partial charge is 0.282 e. The van der Waals surface area contributed by atoms with Crippen molar-refractivity contribution in [1.82, 2.24) is 0 Å². The van der Waals surface area contributed by atoms with Crippen LogP contribution < -0.4 is 10.2 Å². The molecule has 6 heteroatoms. The third-order valence-electron chi connectivity index (χ3n) is 4.65. The number of carbonyl (C=O) groups excluding carboxylic acids is 2. The second-order valence-corrected chi connectivity index (χ2v) is 7.06. The van der Waals surface area contributed by atoms with E-state index in [1.807, 2.05) is 6.07 Å². The Hall–Kier alpha value is -3.44. The molecule has 0 aromatic heterocycles. The summed E-state index contributed by atoms with van der Waals surface area (Å²) in [5.74, 6) is -1.44. The fourth-order valence-corrected chi connectivity index (χ4v) is 3.44. The van der Waals surface area contributed by atoms with E-state index in [2.05, 4.69) is 5.32 Å². The Bertz CT molecular complexity index is 1160. The monoisotopic (exact) mass is 406 g/mol. The summed E-state index contributed by atoms with van der Waals surface area (Å²) in [6.07, 6.45) is 0. The Kier molecular flexibility index (Phi) is 4.91. The van der Waals surface area contributed by atoms with Gasteiger partial charge in [-0.05, 0) is 48.4 Å². The van der Waals surface area contributed by atoms with Crippen LogP contribution in [0.1, 0.15) is 11.1 Å². The molecule has 0 spiro atoms. The van der Waals surface area contributed by atoms with E-state index in [0.29, 0.717) is 22.0 Å². The van der Waals surface area contributed by atoms with Crippen molar-refractivity contribution in [2.24, 2.45) is 0 Å². The number of nitrogens with zero attached hydrogens (tertiary/aromatic N) is 1. The average molecular weight is 407 g/mol. The highest BCUT2D eigenvalue weighted by molar-refractivity contribution is 6.46. The molecule has 0 aliphatic carbocycles. The Labute approximate surface area is 172 Å². The highest BCUT2D eigenvalue weighted by Gasteiger charge is 2.40. The normalized spacial score (nSPS) is 14.0. The number of nitrogens with one attached hydrogen (secondary N) is 1. The minimum atomic E-state index is -0.525. The SMILES string of the molecule is Cc1ccc(Cl)cc1N1C(=O)C(Nc2cccc(F)c2)=C(c2ccccc2)C1=O. The lowest BCUT2D eigenvalue weighted by atomic mass is 10.0. The second kappa shape index (κ2) is 7.53. The predicted molar refractivity (Wildman–Crippen MR) is 112 cm³/mol. The molecule has 1 aliphatic rings. The highest BCUT2D eigenvalue weighted by atomic mass is 35.5. The first kappa shape index (κ1) is 18.9. The Morgan fingerprint density at radius 2 is 1.66 bits per heavy atom. The molecule has 0 saturated carbocycles. The Morgan fingerprint density at radius 3 is 2.38 bits per heavy atom. The number of hydrogen-bond donors (Lipinski definition) is 1. The lowest BCUT2D eigenvalue weighted by Crippen LogP contribution is -2.33. The summed E-state index contributed by atoms with van der Waals surface area (Å²) in [6.45, 7) is 1.80. The van der Waals surface area contributed by atoms with Gasteiger partial charge >= 0.3 is 0 Å². The molecule has 0 unspecified atom stereocenters. The maximum atomic E-state index is 13.6. The highest BCUT2D eigenvalue weighted by Crippen LogP contribution is 2.36. The van der Waals surface area contributed by atoms with Gasteiger partial charge in [-0.3, -0.25) is 9.59 Å². The zero-order valence-corrected chi connectivity index (χ0v) is 16.2. The molecular formula is C23H16ClFN2O2. The zero-order valence-electron chi connectivity index (χ0n) is 15.4. The first-order chi connectivity index (χ1) is 14.0. The number of halogens is 2. The molecule has 0 fully saturated rings. The van der Waals surface area contributed by atoms with Crippen LogP contribution in [0, 0.1) is 12.7 Å². The van der Waals surface area contributed by atoms with Crippen molar-refractivity contribution >= 4 is 40.4 Å². The molecule has 4 rings (SSSR count). The molecule has 0 bridgehead atoms. The summed E-state index contributed by atoms with van der Waals surface area (Å²) in [6, 6.07) is 19.7. The number of anilines is 2. The molecule has 1 aliphatic heterocycles. The summed E-state index contributed by atoms with van der Waals surface area (Å²) in [7, 11) is 0. The van der Waals surface area contributed by atoms with Gasteiger partial charge in [-0.1, -0.05) is 54.1 Å². The number of hydrogen-bond acceptors (Lipinski definition) is 3. The van der Waals surface area contributed by atoms with Crippen LogP contribution in [0.3, 0.4) is 0 Å². The minimum Gasteiger partial charge on any atom is -0.350 e. The molecule has 144 valence electrons. The molecule has 3 aromatic rings. The lowest BCUT2D eigenvalue weighted by Gasteiger charge is -2.18. The van der Waals surface area contributed by atoms with E-state index in [9.17, 15) is 14.0 Å². The van der Waals surface area contributed by atoms with E-state index in [0.717, 1.165) is 10.5 Å². The van der Waals surface area contributed by atoms with Crippen molar-refractivity contribution < 1.29 is 14.0 Å². The maximum Gasteiger partial charge on any atom is 0.282 e. The third kappa shape index (κ3) is 3.52. The van der Waals surface area contributed by atoms with Crippen molar-refractivity contribution in [1.29, 1.82) is 0 Å². The molecule has 0 atom stereocenters. The van der Waals surface area contributed by atoms with Crippen LogP contribution in [0.25, 0.3) is 5.57 Å². The maximum absolute atomic E-state index is 13.6. The molecule has 4 nitrogen and oxygen atoms in total.